The molecule has 0 rings (SSSR count). The van der Waals surface area contributed by atoms with Crippen molar-refractivity contribution in [2.75, 3.05) is 5.75 Å². The van der Waals surface area contributed by atoms with Crippen LogP contribution in [0.1, 0.15) is 129 Å². The minimum Gasteiger partial charge on any atom is -0.387 e. The smallest absolute Gasteiger partial charge is 0.267 e. The maximum atomic E-state index is 12.3. The molecule has 0 saturated heterocycles. The maximum Gasteiger partial charge on any atom is 0.267 e. The molecule has 0 aliphatic heterocycles. The van der Waals surface area contributed by atoms with E-state index in [1.165, 1.54) is 63.9 Å². The molecule has 0 aromatic heterocycles. The first-order chi connectivity index (χ1) is 17.8. The van der Waals surface area contributed by atoms with Gasteiger partial charge in [0.1, 0.15) is 0 Å². The minimum atomic E-state index is -4.34. The lowest BCUT2D eigenvalue weighted by Crippen LogP contribution is -2.46. The standard InChI is InChI=1S/C30H55NO5S/c1-3-5-7-9-11-13-14-15-16-18-19-21-23-25-29(32)28(27-37(34,35)36)31-30(33)26-24-22-20-17-12-10-8-6-4-2/h11,13,16,18,23,25,28-29,32H,3-10,12,14-15,17,19-22,24,26-27H2,1-2H3,(H,31,33)(H,34,35,36)/b13-11+,18-16+,25-23+. The summed E-state index contributed by atoms with van der Waals surface area (Å²) in [6, 6.07) is -1.07. The van der Waals surface area contributed by atoms with Gasteiger partial charge >= 0.3 is 0 Å². The molecule has 2 atom stereocenters. The van der Waals surface area contributed by atoms with E-state index in [2.05, 4.69) is 43.5 Å². The van der Waals surface area contributed by atoms with Gasteiger partial charge in [-0.05, 0) is 44.9 Å². The van der Waals surface area contributed by atoms with Gasteiger partial charge in [0.05, 0.1) is 17.9 Å². The van der Waals surface area contributed by atoms with Crippen LogP contribution in [0.25, 0.3) is 0 Å². The van der Waals surface area contributed by atoms with Gasteiger partial charge in [-0.2, -0.15) is 8.42 Å². The van der Waals surface area contributed by atoms with Crippen molar-refractivity contribution < 1.29 is 22.9 Å². The Bertz CT molecular complexity index is 730. The van der Waals surface area contributed by atoms with E-state index >= 15 is 0 Å². The Hall–Kier alpha value is -1.44. The number of nitrogens with one attached hydrogen (secondary N) is 1. The number of carbonyl (C=O) groups is 1. The van der Waals surface area contributed by atoms with Gasteiger partial charge in [0.25, 0.3) is 10.1 Å². The summed E-state index contributed by atoms with van der Waals surface area (Å²) in [6.07, 6.45) is 29.9. The van der Waals surface area contributed by atoms with E-state index in [0.29, 0.717) is 6.42 Å². The highest BCUT2D eigenvalue weighted by molar-refractivity contribution is 7.85. The fourth-order valence-corrected chi connectivity index (χ4v) is 4.80. The van der Waals surface area contributed by atoms with E-state index in [0.717, 1.165) is 44.9 Å². The summed E-state index contributed by atoms with van der Waals surface area (Å²) < 4.78 is 32.1. The van der Waals surface area contributed by atoms with Crippen molar-refractivity contribution in [1.29, 1.82) is 0 Å². The summed E-state index contributed by atoms with van der Waals surface area (Å²) in [6.45, 7) is 4.41. The average Bonchev–Trinajstić information content (AvgIpc) is 2.84. The van der Waals surface area contributed by atoms with Crippen LogP contribution in [0.5, 0.6) is 0 Å². The van der Waals surface area contributed by atoms with E-state index in [-0.39, 0.29) is 12.3 Å². The molecule has 0 heterocycles. The third kappa shape index (κ3) is 26.0. The molecule has 0 saturated carbocycles. The fourth-order valence-electron chi connectivity index (χ4n) is 4.07. The van der Waals surface area contributed by atoms with Crippen molar-refractivity contribution in [3.8, 4) is 0 Å². The molecule has 0 aliphatic rings. The van der Waals surface area contributed by atoms with Crippen LogP contribution in [0, 0.1) is 0 Å². The molecule has 216 valence electrons. The summed E-state index contributed by atoms with van der Waals surface area (Å²) in [5.41, 5.74) is 0. The molecule has 0 bridgehead atoms. The van der Waals surface area contributed by atoms with Crippen molar-refractivity contribution in [1.82, 2.24) is 5.32 Å². The zero-order chi connectivity index (χ0) is 27.6. The molecule has 0 aromatic rings. The summed E-state index contributed by atoms with van der Waals surface area (Å²) in [5, 5.41) is 13.0. The largest absolute Gasteiger partial charge is 0.387 e. The topological polar surface area (TPSA) is 104 Å². The highest BCUT2D eigenvalue weighted by atomic mass is 32.2. The lowest BCUT2D eigenvalue weighted by atomic mass is 10.1. The van der Waals surface area contributed by atoms with Crippen LogP contribution < -0.4 is 5.32 Å². The third-order valence-corrected chi connectivity index (χ3v) is 7.08. The molecule has 0 spiro atoms. The van der Waals surface area contributed by atoms with Crippen LogP contribution in [-0.4, -0.2) is 41.9 Å². The molecule has 0 radical (unpaired) electrons. The Morgan fingerprint density at radius 3 is 1.70 bits per heavy atom. The molecule has 6 nitrogen and oxygen atoms in total. The molecular formula is C30H55NO5S. The van der Waals surface area contributed by atoms with Gasteiger partial charge in [-0.3, -0.25) is 9.35 Å². The maximum absolute atomic E-state index is 12.3. The second-order valence-corrected chi connectivity index (χ2v) is 11.5. The van der Waals surface area contributed by atoms with Gasteiger partial charge < -0.3 is 10.4 Å². The summed E-state index contributed by atoms with van der Waals surface area (Å²) in [7, 11) is -4.34. The molecule has 0 aliphatic carbocycles. The zero-order valence-electron chi connectivity index (χ0n) is 23.6. The van der Waals surface area contributed by atoms with Crippen LogP contribution in [0.2, 0.25) is 0 Å². The van der Waals surface area contributed by atoms with Crippen molar-refractivity contribution in [3.05, 3.63) is 36.5 Å². The zero-order valence-corrected chi connectivity index (χ0v) is 24.4. The molecule has 0 fully saturated rings. The summed E-state index contributed by atoms with van der Waals surface area (Å²) in [5.74, 6) is -1.01. The van der Waals surface area contributed by atoms with Crippen LogP contribution >= 0.6 is 0 Å². The summed E-state index contributed by atoms with van der Waals surface area (Å²) >= 11 is 0. The Morgan fingerprint density at radius 2 is 1.16 bits per heavy atom. The van der Waals surface area contributed by atoms with Crippen LogP contribution in [-0.2, 0) is 14.9 Å². The number of unbranched alkanes of at least 4 members (excludes halogenated alkanes) is 13. The number of aliphatic hydroxyl groups is 1. The molecule has 0 aromatic carbocycles. The van der Waals surface area contributed by atoms with Crippen molar-refractivity contribution >= 4 is 16.0 Å². The first-order valence-corrected chi connectivity index (χ1v) is 16.3. The quantitative estimate of drug-likeness (QED) is 0.0632. The fraction of sp³-hybridized carbons (Fsp3) is 0.767. The third-order valence-electron chi connectivity index (χ3n) is 6.30. The molecule has 3 N–H and O–H groups in total. The predicted molar refractivity (Wildman–Crippen MR) is 156 cm³/mol. The Morgan fingerprint density at radius 1 is 0.703 bits per heavy atom. The van der Waals surface area contributed by atoms with E-state index in [1.807, 2.05) is 0 Å². The molecule has 37 heavy (non-hydrogen) atoms. The van der Waals surface area contributed by atoms with Gasteiger partial charge in [-0.25, -0.2) is 0 Å². The molecule has 7 heteroatoms. The number of carbonyl (C=O) groups excluding carboxylic acids is 1. The summed E-state index contributed by atoms with van der Waals surface area (Å²) in [4.78, 5) is 12.3. The second kappa shape index (κ2) is 24.9. The van der Waals surface area contributed by atoms with Gasteiger partial charge in [0.2, 0.25) is 5.91 Å². The van der Waals surface area contributed by atoms with Crippen LogP contribution in [0.4, 0.5) is 0 Å². The minimum absolute atomic E-state index is 0.285. The lowest BCUT2D eigenvalue weighted by molar-refractivity contribution is -0.122. The van der Waals surface area contributed by atoms with Gasteiger partial charge in [0, 0.05) is 6.42 Å². The lowest BCUT2D eigenvalue weighted by Gasteiger charge is -2.21. The number of hydrogen-bond donors (Lipinski definition) is 3. The first-order valence-electron chi connectivity index (χ1n) is 14.7. The van der Waals surface area contributed by atoms with E-state index in [9.17, 15) is 22.9 Å². The number of rotatable bonds is 25. The second-order valence-electron chi connectivity index (χ2n) is 10.0. The van der Waals surface area contributed by atoms with Gasteiger partial charge in [-0.1, -0.05) is 115 Å². The van der Waals surface area contributed by atoms with E-state index < -0.39 is 28.0 Å². The van der Waals surface area contributed by atoms with Gasteiger partial charge in [-0.15, -0.1) is 0 Å². The average molecular weight is 542 g/mol. The molecule has 2 unspecified atom stereocenters. The van der Waals surface area contributed by atoms with Crippen molar-refractivity contribution in [3.63, 3.8) is 0 Å². The highest BCUT2D eigenvalue weighted by Gasteiger charge is 2.24. The predicted octanol–water partition coefficient (Wildman–Crippen LogP) is 7.45. The SMILES string of the molecule is CCCCC/C=C/CC/C=C/CC/C=C/C(O)C(CS(=O)(=O)O)NC(=O)CCCCCCCCCCC. The molecule has 1 amide bonds. The number of amides is 1. The van der Waals surface area contributed by atoms with Crippen LogP contribution in [0.3, 0.4) is 0 Å². The number of allylic oxidation sites excluding steroid dienone is 5. The van der Waals surface area contributed by atoms with Crippen molar-refractivity contribution in [2.45, 2.75) is 142 Å². The first kappa shape index (κ1) is 35.6. The number of hydrogen-bond acceptors (Lipinski definition) is 4. The van der Waals surface area contributed by atoms with Crippen molar-refractivity contribution in [2.24, 2.45) is 0 Å². The highest BCUT2D eigenvalue weighted by Crippen LogP contribution is 2.11. The Balaban J connectivity index is 4.24. The van der Waals surface area contributed by atoms with E-state index in [1.54, 1.807) is 6.08 Å². The van der Waals surface area contributed by atoms with Crippen LogP contribution in [0.15, 0.2) is 36.5 Å². The molecular weight excluding hydrogens is 486 g/mol. The number of aliphatic hydroxyl groups excluding tert-OH is 1. The van der Waals surface area contributed by atoms with Gasteiger partial charge in [0.15, 0.2) is 0 Å². The monoisotopic (exact) mass is 541 g/mol. The van der Waals surface area contributed by atoms with E-state index in [4.69, 9.17) is 0 Å². The Kier molecular flexibility index (Phi) is 23.9. The normalized spacial score (nSPS) is 14.2. The Labute approximate surface area is 227 Å².